The van der Waals surface area contributed by atoms with Crippen LogP contribution in [0.5, 0.6) is 0 Å². The molecule has 3 rings (SSSR count). The van der Waals surface area contributed by atoms with Gasteiger partial charge in [0.1, 0.15) is 5.82 Å². The highest BCUT2D eigenvalue weighted by molar-refractivity contribution is 7.99. The Balaban J connectivity index is 1.57. The van der Waals surface area contributed by atoms with E-state index in [4.69, 9.17) is 4.42 Å². The fourth-order valence-electron chi connectivity index (χ4n) is 2.21. The van der Waals surface area contributed by atoms with Crippen molar-refractivity contribution in [2.24, 2.45) is 0 Å². The summed E-state index contributed by atoms with van der Waals surface area (Å²) >= 11 is 1.04. The summed E-state index contributed by atoms with van der Waals surface area (Å²) in [4.78, 5) is 23.2. The molecule has 0 unspecified atom stereocenters. The number of nitrogens with zero attached hydrogens (tertiary/aromatic N) is 2. The summed E-state index contributed by atoms with van der Waals surface area (Å²) in [6.07, 6.45) is 0. The normalized spacial score (nSPS) is 10.4. The minimum absolute atomic E-state index is 0.0310. The molecule has 0 bridgehead atoms. The Bertz CT molecular complexity index is 977. The Morgan fingerprint density at radius 3 is 2.56 bits per heavy atom. The Labute approximate surface area is 158 Å². The molecular weight excluding hydrogens is 371 g/mol. The number of rotatable bonds is 6. The molecule has 7 nitrogen and oxygen atoms in total. The van der Waals surface area contributed by atoms with Gasteiger partial charge in [0.15, 0.2) is 0 Å². The number of thioether (sulfide) groups is 1. The molecule has 0 saturated heterocycles. The lowest BCUT2D eigenvalue weighted by Gasteiger charge is -2.07. The third-order valence-corrected chi connectivity index (χ3v) is 4.12. The Kier molecular flexibility index (Phi) is 5.82. The van der Waals surface area contributed by atoms with Gasteiger partial charge in [0, 0.05) is 18.3 Å². The Morgan fingerprint density at radius 1 is 1.07 bits per heavy atom. The number of benzene rings is 2. The van der Waals surface area contributed by atoms with E-state index in [0.717, 1.165) is 11.8 Å². The van der Waals surface area contributed by atoms with E-state index in [1.54, 1.807) is 36.4 Å². The zero-order valence-corrected chi connectivity index (χ0v) is 15.0. The van der Waals surface area contributed by atoms with Crippen LogP contribution in [0, 0.1) is 5.82 Å². The van der Waals surface area contributed by atoms with E-state index in [1.807, 2.05) is 0 Å². The van der Waals surface area contributed by atoms with Crippen LogP contribution in [-0.4, -0.2) is 27.8 Å². The second-order valence-corrected chi connectivity index (χ2v) is 6.38. The molecule has 0 saturated carbocycles. The molecule has 27 heavy (non-hydrogen) atoms. The van der Waals surface area contributed by atoms with Gasteiger partial charge in [-0.05, 0) is 30.3 Å². The van der Waals surface area contributed by atoms with E-state index < -0.39 is 5.82 Å². The zero-order valence-electron chi connectivity index (χ0n) is 14.2. The van der Waals surface area contributed by atoms with Crippen molar-refractivity contribution >= 4 is 35.0 Å². The van der Waals surface area contributed by atoms with Crippen molar-refractivity contribution in [3.63, 3.8) is 0 Å². The molecule has 0 aliphatic carbocycles. The van der Waals surface area contributed by atoms with E-state index in [-0.39, 0.29) is 34.2 Å². The molecule has 0 spiro atoms. The van der Waals surface area contributed by atoms with Gasteiger partial charge in [-0.25, -0.2) is 4.39 Å². The van der Waals surface area contributed by atoms with Crippen molar-refractivity contribution in [1.82, 2.24) is 10.2 Å². The first-order valence-electron chi connectivity index (χ1n) is 7.90. The molecule has 0 aliphatic heterocycles. The van der Waals surface area contributed by atoms with Crippen LogP contribution in [0.4, 0.5) is 15.8 Å². The standard InChI is InChI=1S/C18H15FN4O3S/c1-11(24)20-12-5-4-6-13(9-12)21-16(25)10-27-18-23-22-17(26-18)14-7-2-3-8-15(14)19/h2-9H,10H2,1H3,(H,20,24)(H,21,25). The SMILES string of the molecule is CC(=O)Nc1cccc(NC(=O)CSc2nnc(-c3ccccc3F)o2)c1. The lowest BCUT2D eigenvalue weighted by Crippen LogP contribution is -2.14. The number of nitrogens with one attached hydrogen (secondary N) is 2. The topological polar surface area (TPSA) is 97.1 Å². The van der Waals surface area contributed by atoms with Gasteiger partial charge in [-0.2, -0.15) is 0 Å². The molecular formula is C18H15FN4O3S. The summed E-state index contributed by atoms with van der Waals surface area (Å²) in [5.41, 5.74) is 1.33. The number of carbonyl (C=O) groups is 2. The first kappa shape index (κ1) is 18.6. The van der Waals surface area contributed by atoms with Crippen LogP contribution in [-0.2, 0) is 9.59 Å². The maximum Gasteiger partial charge on any atom is 0.277 e. The predicted molar refractivity (Wildman–Crippen MR) is 99.8 cm³/mol. The smallest absolute Gasteiger partial charge is 0.277 e. The van der Waals surface area contributed by atoms with Crippen molar-refractivity contribution in [3.8, 4) is 11.5 Å². The number of aromatic nitrogens is 2. The predicted octanol–water partition coefficient (Wildman–Crippen LogP) is 3.56. The minimum atomic E-state index is -0.463. The van der Waals surface area contributed by atoms with Crippen LogP contribution in [0.25, 0.3) is 11.5 Å². The first-order chi connectivity index (χ1) is 13.0. The summed E-state index contributed by atoms with van der Waals surface area (Å²) in [7, 11) is 0. The van der Waals surface area contributed by atoms with E-state index >= 15 is 0 Å². The quantitative estimate of drug-likeness (QED) is 0.629. The highest BCUT2D eigenvalue weighted by Gasteiger charge is 2.14. The van der Waals surface area contributed by atoms with Gasteiger partial charge in [0.25, 0.3) is 11.1 Å². The molecule has 0 fully saturated rings. The highest BCUT2D eigenvalue weighted by Crippen LogP contribution is 2.25. The van der Waals surface area contributed by atoms with Crippen LogP contribution in [0.3, 0.4) is 0 Å². The first-order valence-corrected chi connectivity index (χ1v) is 8.88. The molecule has 0 radical (unpaired) electrons. The number of anilines is 2. The van der Waals surface area contributed by atoms with E-state index in [0.29, 0.717) is 11.4 Å². The van der Waals surface area contributed by atoms with Crippen LogP contribution in [0.1, 0.15) is 6.92 Å². The molecule has 2 N–H and O–H groups in total. The lowest BCUT2D eigenvalue weighted by molar-refractivity contribution is -0.114. The van der Waals surface area contributed by atoms with Crippen molar-refractivity contribution in [2.45, 2.75) is 12.1 Å². The fraction of sp³-hybridized carbons (Fsp3) is 0.111. The molecule has 2 amide bonds. The maximum absolute atomic E-state index is 13.7. The third kappa shape index (κ3) is 5.14. The van der Waals surface area contributed by atoms with Crippen molar-refractivity contribution in [2.75, 3.05) is 16.4 Å². The molecule has 1 heterocycles. The van der Waals surface area contributed by atoms with Crippen molar-refractivity contribution in [1.29, 1.82) is 0 Å². The average molecular weight is 386 g/mol. The second kappa shape index (κ2) is 8.45. The molecule has 9 heteroatoms. The van der Waals surface area contributed by atoms with Crippen LogP contribution in [0.2, 0.25) is 0 Å². The summed E-state index contributed by atoms with van der Waals surface area (Å²) < 4.78 is 19.1. The fourth-order valence-corrected chi connectivity index (χ4v) is 2.78. The van der Waals surface area contributed by atoms with Gasteiger partial charge >= 0.3 is 0 Å². The van der Waals surface area contributed by atoms with Crippen molar-refractivity contribution < 1.29 is 18.4 Å². The summed E-state index contributed by atoms with van der Waals surface area (Å²) in [5, 5.41) is 13.1. The molecule has 1 aromatic heterocycles. The molecule has 2 aromatic carbocycles. The zero-order chi connectivity index (χ0) is 19.2. The van der Waals surface area contributed by atoms with Crippen LogP contribution in [0.15, 0.2) is 58.2 Å². The molecule has 3 aromatic rings. The summed E-state index contributed by atoms with van der Waals surface area (Å²) in [5.74, 6) is -0.862. The number of amides is 2. The number of hydrogen-bond acceptors (Lipinski definition) is 6. The van der Waals surface area contributed by atoms with E-state index in [9.17, 15) is 14.0 Å². The molecule has 0 aliphatic rings. The van der Waals surface area contributed by atoms with Gasteiger partial charge in [0.05, 0.1) is 11.3 Å². The van der Waals surface area contributed by atoms with Crippen LogP contribution < -0.4 is 10.6 Å². The number of carbonyl (C=O) groups excluding carboxylic acids is 2. The second-order valence-electron chi connectivity index (χ2n) is 5.45. The van der Waals surface area contributed by atoms with Gasteiger partial charge < -0.3 is 15.1 Å². The van der Waals surface area contributed by atoms with Gasteiger partial charge in [-0.3, -0.25) is 9.59 Å². The highest BCUT2D eigenvalue weighted by atomic mass is 32.2. The Morgan fingerprint density at radius 2 is 1.81 bits per heavy atom. The number of hydrogen-bond donors (Lipinski definition) is 2. The Hall–Kier alpha value is -3.20. The maximum atomic E-state index is 13.7. The lowest BCUT2D eigenvalue weighted by atomic mass is 10.2. The van der Waals surface area contributed by atoms with Gasteiger partial charge in [-0.15, -0.1) is 10.2 Å². The van der Waals surface area contributed by atoms with Gasteiger partial charge in [0.2, 0.25) is 11.8 Å². The monoisotopic (exact) mass is 386 g/mol. The minimum Gasteiger partial charge on any atom is -0.411 e. The van der Waals surface area contributed by atoms with Gasteiger partial charge in [-0.1, -0.05) is 30.0 Å². The summed E-state index contributed by atoms with van der Waals surface area (Å²) in [6.45, 7) is 1.40. The van der Waals surface area contributed by atoms with E-state index in [2.05, 4.69) is 20.8 Å². The molecule has 0 atom stereocenters. The van der Waals surface area contributed by atoms with Crippen molar-refractivity contribution in [3.05, 3.63) is 54.3 Å². The largest absolute Gasteiger partial charge is 0.411 e. The third-order valence-electron chi connectivity index (χ3n) is 3.30. The number of halogens is 1. The van der Waals surface area contributed by atoms with Crippen LogP contribution >= 0.6 is 11.8 Å². The average Bonchev–Trinajstić information content (AvgIpc) is 3.09. The summed E-state index contributed by atoms with van der Waals surface area (Å²) in [6, 6.07) is 12.8. The van der Waals surface area contributed by atoms with E-state index in [1.165, 1.54) is 19.1 Å². The molecule has 138 valence electrons.